The first-order valence-corrected chi connectivity index (χ1v) is 7.87. The number of nitrogens with two attached hydrogens (primary N) is 1. The third-order valence-corrected chi connectivity index (χ3v) is 4.86. The van der Waals surface area contributed by atoms with Gasteiger partial charge in [0.05, 0.1) is 0 Å². The third-order valence-electron chi connectivity index (χ3n) is 4.37. The van der Waals surface area contributed by atoms with Gasteiger partial charge in [0.15, 0.2) is 0 Å². The molecule has 0 saturated heterocycles. The van der Waals surface area contributed by atoms with Gasteiger partial charge in [-0.1, -0.05) is 34.1 Å². The highest BCUT2D eigenvalue weighted by Gasteiger charge is 2.36. The Kier molecular flexibility index (Phi) is 3.65. The number of aromatic nitrogens is 1. The summed E-state index contributed by atoms with van der Waals surface area (Å²) < 4.78 is 1.07. The Morgan fingerprint density at radius 3 is 2.95 bits per heavy atom. The van der Waals surface area contributed by atoms with Crippen LogP contribution in [0.5, 0.6) is 0 Å². The summed E-state index contributed by atoms with van der Waals surface area (Å²) in [6.45, 7) is 2.13. The highest BCUT2D eigenvalue weighted by Crippen LogP contribution is 2.42. The highest BCUT2D eigenvalue weighted by atomic mass is 79.9. The van der Waals surface area contributed by atoms with Crippen molar-refractivity contribution in [2.75, 3.05) is 0 Å². The number of hydrogen-bond donors (Lipinski definition) is 1. The molecule has 0 saturated carbocycles. The Hall–Kier alpha value is -1.19. The summed E-state index contributed by atoms with van der Waals surface area (Å²) in [4.78, 5) is 4.62. The molecular formula is C17H19BrN2. The minimum Gasteiger partial charge on any atom is -0.321 e. The maximum absolute atomic E-state index is 6.74. The van der Waals surface area contributed by atoms with Crippen LogP contribution in [0.4, 0.5) is 0 Å². The lowest BCUT2D eigenvalue weighted by atomic mass is 9.72. The van der Waals surface area contributed by atoms with E-state index < -0.39 is 5.54 Å². The van der Waals surface area contributed by atoms with E-state index in [1.54, 1.807) is 0 Å². The lowest BCUT2D eigenvalue weighted by Gasteiger charge is -2.38. The van der Waals surface area contributed by atoms with E-state index in [4.69, 9.17) is 5.73 Å². The molecule has 1 aliphatic rings. The van der Waals surface area contributed by atoms with Crippen LogP contribution in [-0.2, 0) is 12.0 Å². The summed E-state index contributed by atoms with van der Waals surface area (Å²) in [5.41, 5.74) is 10.0. The van der Waals surface area contributed by atoms with Crippen molar-refractivity contribution < 1.29 is 0 Å². The van der Waals surface area contributed by atoms with Crippen molar-refractivity contribution in [2.24, 2.45) is 5.73 Å². The van der Waals surface area contributed by atoms with E-state index in [-0.39, 0.29) is 5.92 Å². The Bertz CT molecular complexity index is 622. The van der Waals surface area contributed by atoms with Gasteiger partial charge in [0.1, 0.15) is 0 Å². The van der Waals surface area contributed by atoms with Crippen molar-refractivity contribution in [1.82, 2.24) is 4.98 Å². The van der Waals surface area contributed by atoms with Crippen molar-refractivity contribution in [3.8, 4) is 0 Å². The number of halogens is 1. The standard InChI is InChI=1S/C17H19BrN2/c1-17(19,13-7-3-8-14(18)11-13)15-9-2-5-12-6-4-10-20-16(12)15/h3-4,6-8,10-11,15H,2,5,9,19H2,1H3. The van der Waals surface area contributed by atoms with E-state index in [0.717, 1.165) is 22.9 Å². The minimum atomic E-state index is -0.396. The lowest BCUT2D eigenvalue weighted by molar-refractivity contribution is 0.341. The molecule has 20 heavy (non-hydrogen) atoms. The SMILES string of the molecule is CC(N)(c1cccc(Br)c1)C1CCCc2cccnc21. The van der Waals surface area contributed by atoms with Crippen LogP contribution in [0.1, 0.15) is 42.5 Å². The molecule has 0 bridgehead atoms. The average molecular weight is 331 g/mol. The number of hydrogen-bond acceptors (Lipinski definition) is 2. The second kappa shape index (κ2) is 5.30. The predicted octanol–water partition coefficient (Wildman–Crippen LogP) is 4.14. The second-order valence-electron chi connectivity index (χ2n) is 5.79. The van der Waals surface area contributed by atoms with Gasteiger partial charge in [-0.15, -0.1) is 0 Å². The van der Waals surface area contributed by atoms with Gasteiger partial charge >= 0.3 is 0 Å². The molecule has 2 N–H and O–H groups in total. The van der Waals surface area contributed by atoms with Crippen LogP contribution < -0.4 is 5.73 Å². The number of nitrogens with zero attached hydrogens (tertiary/aromatic N) is 1. The Labute approximate surface area is 128 Å². The van der Waals surface area contributed by atoms with E-state index in [2.05, 4.69) is 46.0 Å². The Morgan fingerprint density at radius 2 is 2.15 bits per heavy atom. The molecule has 0 amide bonds. The molecule has 2 unspecified atom stereocenters. The summed E-state index contributed by atoms with van der Waals surface area (Å²) in [5, 5.41) is 0. The van der Waals surface area contributed by atoms with Gasteiger partial charge in [-0.3, -0.25) is 4.98 Å². The number of rotatable bonds is 2. The van der Waals surface area contributed by atoms with Gasteiger partial charge in [-0.25, -0.2) is 0 Å². The average Bonchev–Trinajstić information content (AvgIpc) is 2.46. The Balaban J connectivity index is 2.04. The zero-order valence-corrected chi connectivity index (χ0v) is 13.2. The molecule has 2 nitrogen and oxygen atoms in total. The number of pyridine rings is 1. The summed E-state index contributed by atoms with van der Waals surface area (Å²) in [7, 11) is 0. The quantitative estimate of drug-likeness (QED) is 0.898. The van der Waals surface area contributed by atoms with Crippen molar-refractivity contribution in [1.29, 1.82) is 0 Å². The van der Waals surface area contributed by atoms with Gasteiger partial charge in [0, 0.05) is 27.8 Å². The number of benzene rings is 1. The van der Waals surface area contributed by atoms with E-state index in [1.165, 1.54) is 17.7 Å². The minimum absolute atomic E-state index is 0.279. The zero-order valence-electron chi connectivity index (χ0n) is 11.6. The van der Waals surface area contributed by atoms with Crippen molar-refractivity contribution in [3.63, 3.8) is 0 Å². The molecule has 3 rings (SSSR count). The van der Waals surface area contributed by atoms with Crippen LogP contribution in [0.15, 0.2) is 47.1 Å². The van der Waals surface area contributed by atoms with Crippen LogP contribution in [0.3, 0.4) is 0 Å². The normalized spacial score (nSPS) is 21.1. The fraction of sp³-hybridized carbons (Fsp3) is 0.353. The van der Waals surface area contributed by atoms with Crippen molar-refractivity contribution in [2.45, 2.75) is 37.6 Å². The molecule has 1 aliphatic carbocycles. The second-order valence-corrected chi connectivity index (χ2v) is 6.70. The van der Waals surface area contributed by atoms with Crippen molar-refractivity contribution >= 4 is 15.9 Å². The summed E-state index contributed by atoms with van der Waals surface area (Å²) in [5.74, 6) is 0.279. The molecule has 2 aromatic rings. The molecular weight excluding hydrogens is 312 g/mol. The topological polar surface area (TPSA) is 38.9 Å². The third kappa shape index (κ3) is 2.40. The zero-order chi connectivity index (χ0) is 14.2. The predicted molar refractivity (Wildman–Crippen MR) is 85.6 cm³/mol. The summed E-state index contributed by atoms with van der Waals surface area (Å²) in [6, 6.07) is 12.5. The van der Waals surface area contributed by atoms with Gasteiger partial charge in [-0.2, -0.15) is 0 Å². The Morgan fingerprint density at radius 1 is 1.30 bits per heavy atom. The fourth-order valence-electron chi connectivity index (χ4n) is 3.22. The van der Waals surface area contributed by atoms with Gasteiger partial charge < -0.3 is 5.73 Å². The first-order valence-electron chi connectivity index (χ1n) is 7.08. The molecule has 1 heterocycles. The van der Waals surface area contributed by atoms with E-state index in [0.29, 0.717) is 0 Å². The van der Waals surface area contributed by atoms with Crippen LogP contribution >= 0.6 is 15.9 Å². The summed E-state index contributed by atoms with van der Waals surface area (Å²) in [6.07, 6.45) is 5.29. The highest BCUT2D eigenvalue weighted by molar-refractivity contribution is 9.10. The van der Waals surface area contributed by atoms with Gasteiger partial charge in [0.2, 0.25) is 0 Å². The molecule has 0 radical (unpaired) electrons. The number of aryl methyl sites for hydroxylation is 1. The maximum atomic E-state index is 6.74. The molecule has 104 valence electrons. The maximum Gasteiger partial charge on any atom is 0.0488 e. The van der Waals surface area contributed by atoms with Crippen LogP contribution in [0.2, 0.25) is 0 Å². The molecule has 1 aromatic carbocycles. The molecule has 3 heteroatoms. The van der Waals surface area contributed by atoms with E-state index in [1.807, 2.05) is 24.4 Å². The van der Waals surface area contributed by atoms with Gasteiger partial charge in [0.25, 0.3) is 0 Å². The lowest BCUT2D eigenvalue weighted by Crippen LogP contribution is -2.41. The number of fused-ring (bicyclic) bond motifs is 1. The molecule has 1 aromatic heterocycles. The molecule has 2 atom stereocenters. The molecule has 0 aliphatic heterocycles. The molecule has 0 fully saturated rings. The van der Waals surface area contributed by atoms with Gasteiger partial charge in [-0.05, 0) is 55.5 Å². The monoisotopic (exact) mass is 330 g/mol. The molecule has 0 spiro atoms. The first-order chi connectivity index (χ1) is 9.59. The largest absolute Gasteiger partial charge is 0.321 e. The summed E-state index contributed by atoms with van der Waals surface area (Å²) >= 11 is 3.54. The first kappa shape index (κ1) is 13.8. The van der Waals surface area contributed by atoms with Crippen LogP contribution in [-0.4, -0.2) is 4.98 Å². The van der Waals surface area contributed by atoms with Crippen LogP contribution in [0, 0.1) is 0 Å². The van der Waals surface area contributed by atoms with Crippen LogP contribution in [0.25, 0.3) is 0 Å². The van der Waals surface area contributed by atoms with E-state index >= 15 is 0 Å². The van der Waals surface area contributed by atoms with Crippen molar-refractivity contribution in [3.05, 3.63) is 63.9 Å². The smallest absolute Gasteiger partial charge is 0.0488 e. The fourth-order valence-corrected chi connectivity index (χ4v) is 3.62. The van der Waals surface area contributed by atoms with E-state index in [9.17, 15) is 0 Å².